The van der Waals surface area contributed by atoms with Crippen molar-refractivity contribution in [1.82, 2.24) is 5.32 Å². The maximum atomic E-state index is 11.9. The zero-order valence-corrected chi connectivity index (χ0v) is 11.9. The monoisotopic (exact) mass is 269 g/mol. The number of carboxylic acids is 1. The maximum Gasteiger partial charge on any atom is 0.408 e. The van der Waals surface area contributed by atoms with Crippen LogP contribution in [0.4, 0.5) is 4.79 Å². The third-order valence-corrected chi connectivity index (χ3v) is 4.26. The van der Waals surface area contributed by atoms with Gasteiger partial charge in [-0.1, -0.05) is 0 Å². The van der Waals surface area contributed by atoms with E-state index in [-0.39, 0.29) is 5.92 Å². The van der Waals surface area contributed by atoms with Gasteiger partial charge in [0, 0.05) is 0 Å². The van der Waals surface area contributed by atoms with Gasteiger partial charge in [-0.3, -0.25) is 0 Å². The van der Waals surface area contributed by atoms with Gasteiger partial charge in [0.05, 0.1) is 0 Å². The van der Waals surface area contributed by atoms with Gasteiger partial charge in [-0.25, -0.2) is 9.59 Å². The summed E-state index contributed by atoms with van der Waals surface area (Å²) in [4.78, 5) is 23.6. The average molecular weight is 269 g/mol. The van der Waals surface area contributed by atoms with E-state index >= 15 is 0 Å². The molecular formula is C14H23NO4. The fraction of sp³-hybridized carbons (Fsp3) is 0.857. The van der Waals surface area contributed by atoms with Crippen LogP contribution in [0.5, 0.6) is 0 Å². The van der Waals surface area contributed by atoms with Gasteiger partial charge in [-0.15, -0.1) is 0 Å². The molecule has 19 heavy (non-hydrogen) atoms. The highest BCUT2D eigenvalue weighted by atomic mass is 16.6. The van der Waals surface area contributed by atoms with E-state index in [1.54, 1.807) is 20.8 Å². The molecule has 0 radical (unpaired) electrons. The number of nitrogens with one attached hydrogen (secondary N) is 1. The molecule has 3 aliphatic rings. The Balaban J connectivity index is 2.13. The Morgan fingerprint density at radius 1 is 1.21 bits per heavy atom. The second kappa shape index (κ2) is 4.69. The van der Waals surface area contributed by atoms with Gasteiger partial charge in [0.1, 0.15) is 11.1 Å². The Hall–Kier alpha value is -1.26. The average Bonchev–Trinajstić information content (AvgIpc) is 2.27. The van der Waals surface area contributed by atoms with E-state index in [2.05, 4.69) is 5.32 Å². The third kappa shape index (κ3) is 2.85. The first kappa shape index (κ1) is 14.2. The number of aliphatic carboxylic acids is 1. The van der Waals surface area contributed by atoms with Gasteiger partial charge < -0.3 is 15.2 Å². The van der Waals surface area contributed by atoms with Gasteiger partial charge in [0.25, 0.3) is 0 Å². The molecule has 0 spiro atoms. The minimum atomic E-state index is -1.12. The van der Waals surface area contributed by atoms with Gasteiger partial charge >= 0.3 is 12.1 Å². The quantitative estimate of drug-likeness (QED) is 0.807. The third-order valence-electron chi connectivity index (χ3n) is 4.26. The summed E-state index contributed by atoms with van der Waals surface area (Å²) in [6.07, 6.45) is 3.83. The highest BCUT2D eigenvalue weighted by molar-refractivity contribution is 5.85. The molecule has 1 amide bonds. The fourth-order valence-corrected chi connectivity index (χ4v) is 3.44. The molecule has 3 aliphatic carbocycles. The molecule has 108 valence electrons. The van der Waals surface area contributed by atoms with E-state index in [9.17, 15) is 14.7 Å². The number of carbonyl (C=O) groups excluding carboxylic acids is 1. The largest absolute Gasteiger partial charge is 0.479 e. The Labute approximate surface area is 113 Å². The van der Waals surface area contributed by atoms with Crippen LogP contribution in [-0.4, -0.2) is 28.3 Å². The van der Waals surface area contributed by atoms with Crippen molar-refractivity contribution in [3.8, 4) is 0 Å². The number of ether oxygens (including phenoxy) is 1. The first-order chi connectivity index (χ1) is 8.73. The lowest BCUT2D eigenvalue weighted by atomic mass is 9.60. The van der Waals surface area contributed by atoms with Crippen LogP contribution in [0.15, 0.2) is 0 Å². The molecule has 5 nitrogen and oxygen atoms in total. The molecule has 2 N–H and O–H groups in total. The number of hydrogen-bond donors (Lipinski definition) is 2. The van der Waals surface area contributed by atoms with Crippen molar-refractivity contribution < 1.29 is 19.4 Å². The zero-order valence-electron chi connectivity index (χ0n) is 11.9. The van der Waals surface area contributed by atoms with E-state index in [1.165, 1.54) is 0 Å². The standard InChI is InChI=1S/C14H23NO4/c1-13(2,3)19-12(18)15-14(11(16)17)8-9-4-6-10(14)7-5-9/h9-10H,4-8H2,1-3H3,(H,15,18)(H,16,17)/t9?,10?,14-/m0/s1. The maximum absolute atomic E-state index is 11.9. The lowest BCUT2D eigenvalue weighted by Crippen LogP contribution is -2.64. The number of amides is 1. The van der Waals surface area contributed by atoms with Crippen molar-refractivity contribution in [2.75, 3.05) is 0 Å². The van der Waals surface area contributed by atoms with Gasteiger partial charge in [-0.05, 0) is 64.7 Å². The van der Waals surface area contributed by atoms with E-state index < -0.39 is 23.2 Å². The Bertz CT molecular complexity index is 379. The molecule has 3 rings (SSSR count). The summed E-state index contributed by atoms with van der Waals surface area (Å²) in [7, 11) is 0. The molecule has 0 saturated heterocycles. The molecule has 0 heterocycles. The summed E-state index contributed by atoms with van der Waals surface area (Å²) in [5, 5.41) is 12.2. The van der Waals surface area contributed by atoms with Crippen LogP contribution in [0.1, 0.15) is 52.9 Å². The van der Waals surface area contributed by atoms with Crippen molar-refractivity contribution in [1.29, 1.82) is 0 Å². The number of hydrogen-bond acceptors (Lipinski definition) is 3. The van der Waals surface area contributed by atoms with Crippen molar-refractivity contribution in [3.05, 3.63) is 0 Å². The molecule has 3 saturated carbocycles. The van der Waals surface area contributed by atoms with Crippen molar-refractivity contribution in [2.45, 2.75) is 64.0 Å². The van der Waals surface area contributed by atoms with Crippen molar-refractivity contribution in [3.63, 3.8) is 0 Å². The van der Waals surface area contributed by atoms with E-state index in [4.69, 9.17) is 4.74 Å². The Morgan fingerprint density at radius 2 is 1.79 bits per heavy atom. The highest BCUT2D eigenvalue weighted by Crippen LogP contribution is 2.47. The summed E-state index contributed by atoms with van der Waals surface area (Å²) in [5.41, 5.74) is -1.74. The normalized spacial score (nSPS) is 33.8. The van der Waals surface area contributed by atoms with E-state index in [0.717, 1.165) is 25.7 Å². The van der Waals surface area contributed by atoms with E-state index in [0.29, 0.717) is 12.3 Å². The highest BCUT2D eigenvalue weighted by Gasteiger charge is 2.54. The zero-order chi connectivity index (χ0) is 14.3. The lowest BCUT2D eigenvalue weighted by Gasteiger charge is -2.49. The second-order valence-corrected chi connectivity index (χ2v) is 6.83. The number of carbonyl (C=O) groups is 2. The van der Waals surface area contributed by atoms with Crippen molar-refractivity contribution >= 4 is 12.1 Å². The first-order valence-corrected chi connectivity index (χ1v) is 6.97. The Morgan fingerprint density at radius 3 is 2.16 bits per heavy atom. The van der Waals surface area contributed by atoms with Gasteiger partial charge in [0.2, 0.25) is 0 Å². The number of alkyl carbamates (subject to hydrolysis) is 1. The minimum absolute atomic E-state index is 0.0301. The molecule has 0 aliphatic heterocycles. The molecule has 0 aromatic heterocycles. The summed E-state index contributed by atoms with van der Waals surface area (Å²) >= 11 is 0. The molecule has 0 unspecified atom stereocenters. The minimum Gasteiger partial charge on any atom is -0.479 e. The smallest absolute Gasteiger partial charge is 0.408 e. The SMILES string of the molecule is CC(C)(C)OC(=O)N[C@@]1(C(=O)O)CC2CCC1CC2. The number of carboxylic acid groups (broad SMARTS) is 1. The first-order valence-electron chi connectivity index (χ1n) is 6.97. The van der Waals surface area contributed by atoms with Crippen LogP contribution in [0, 0.1) is 11.8 Å². The molecule has 5 heteroatoms. The summed E-state index contributed by atoms with van der Waals surface area (Å²) < 4.78 is 5.21. The molecule has 0 aromatic rings. The molecule has 1 atom stereocenters. The van der Waals surface area contributed by atoms with Crippen LogP contribution in [-0.2, 0) is 9.53 Å². The molecule has 0 aromatic carbocycles. The predicted octanol–water partition coefficient (Wildman–Crippen LogP) is 2.54. The van der Waals surface area contributed by atoms with Crippen molar-refractivity contribution in [2.24, 2.45) is 11.8 Å². The fourth-order valence-electron chi connectivity index (χ4n) is 3.44. The van der Waals surface area contributed by atoms with Crippen LogP contribution < -0.4 is 5.32 Å². The van der Waals surface area contributed by atoms with Crippen LogP contribution in [0.25, 0.3) is 0 Å². The van der Waals surface area contributed by atoms with Gasteiger partial charge in [0.15, 0.2) is 0 Å². The summed E-state index contributed by atoms with van der Waals surface area (Å²) in [5.74, 6) is -0.480. The summed E-state index contributed by atoms with van der Waals surface area (Å²) in [6.45, 7) is 5.31. The van der Waals surface area contributed by atoms with E-state index in [1.807, 2.05) is 0 Å². The molecule has 3 fully saturated rings. The predicted molar refractivity (Wildman–Crippen MR) is 69.8 cm³/mol. The number of fused-ring (bicyclic) bond motifs is 3. The van der Waals surface area contributed by atoms with Crippen LogP contribution in [0.2, 0.25) is 0 Å². The lowest BCUT2D eigenvalue weighted by molar-refractivity contribution is -0.152. The number of rotatable bonds is 2. The summed E-state index contributed by atoms with van der Waals surface area (Å²) in [6, 6.07) is 0. The molecule has 2 bridgehead atoms. The van der Waals surface area contributed by atoms with Gasteiger partial charge in [-0.2, -0.15) is 0 Å². The van der Waals surface area contributed by atoms with Crippen LogP contribution >= 0.6 is 0 Å². The van der Waals surface area contributed by atoms with Crippen LogP contribution in [0.3, 0.4) is 0 Å². The topological polar surface area (TPSA) is 75.6 Å². The molecular weight excluding hydrogens is 246 g/mol. The second-order valence-electron chi connectivity index (χ2n) is 6.83. The Kier molecular flexibility index (Phi) is 3.49.